The number of guanidine groups is 1. The van der Waals surface area contributed by atoms with Crippen molar-refractivity contribution in [1.29, 1.82) is 0 Å². The second-order valence-electron chi connectivity index (χ2n) is 6.54. The number of morpholine rings is 1. The third-order valence-electron chi connectivity index (χ3n) is 4.76. The molecule has 5 nitrogen and oxygen atoms in total. The first kappa shape index (κ1) is 20.9. The van der Waals surface area contributed by atoms with Crippen LogP contribution in [0, 0.1) is 0 Å². The lowest BCUT2D eigenvalue weighted by molar-refractivity contribution is -0.0453. The molecule has 2 saturated heterocycles. The fraction of sp³-hybridized carbons (Fsp3) is 0.722. The number of nitrogens with one attached hydrogen (secondary N) is 2. The lowest BCUT2D eigenvalue weighted by Gasteiger charge is -2.35. The smallest absolute Gasteiger partial charge is 0.191 e. The fourth-order valence-electron chi connectivity index (χ4n) is 3.42. The molecule has 0 saturated carbocycles. The second kappa shape index (κ2) is 10.7. The summed E-state index contributed by atoms with van der Waals surface area (Å²) in [5.41, 5.74) is 0. The molecular weight excluding hydrogens is 447 g/mol. The minimum Gasteiger partial charge on any atom is -0.373 e. The monoisotopic (exact) mass is 478 g/mol. The Bertz CT molecular complexity index is 551. The Morgan fingerprint density at radius 3 is 2.92 bits per heavy atom. The summed E-state index contributed by atoms with van der Waals surface area (Å²) in [6.07, 6.45) is 3.98. The maximum Gasteiger partial charge on any atom is 0.191 e. The van der Waals surface area contributed by atoms with E-state index in [1.54, 1.807) is 0 Å². The zero-order valence-corrected chi connectivity index (χ0v) is 18.4. The number of halogens is 1. The van der Waals surface area contributed by atoms with Crippen LogP contribution in [0.2, 0.25) is 0 Å². The molecule has 2 aliphatic rings. The molecule has 0 amide bonds. The molecule has 2 fully saturated rings. The van der Waals surface area contributed by atoms with Gasteiger partial charge in [-0.25, -0.2) is 4.99 Å². The summed E-state index contributed by atoms with van der Waals surface area (Å²) in [5, 5.41) is 6.79. The maximum absolute atomic E-state index is 6.02. The SMILES string of the molecule is CCNC(=NCc1ccc(CC)s1)NCC1CN2CCCC2CO1.I. The van der Waals surface area contributed by atoms with Crippen LogP contribution in [0.1, 0.15) is 36.4 Å². The number of aliphatic imine (C=N–C) groups is 1. The third-order valence-corrected chi connectivity index (χ3v) is 5.98. The van der Waals surface area contributed by atoms with Crippen LogP contribution in [0.3, 0.4) is 0 Å². The van der Waals surface area contributed by atoms with Gasteiger partial charge >= 0.3 is 0 Å². The Balaban J connectivity index is 0.00000225. The van der Waals surface area contributed by atoms with Crippen molar-refractivity contribution in [3.05, 3.63) is 21.9 Å². The molecule has 0 bridgehead atoms. The molecule has 0 radical (unpaired) electrons. The number of ether oxygens (including phenoxy) is 1. The molecule has 2 N–H and O–H groups in total. The van der Waals surface area contributed by atoms with Gasteiger partial charge in [0, 0.05) is 35.4 Å². The average molecular weight is 478 g/mol. The van der Waals surface area contributed by atoms with Gasteiger partial charge in [0.05, 0.1) is 19.3 Å². The van der Waals surface area contributed by atoms with Crippen molar-refractivity contribution >= 4 is 41.3 Å². The van der Waals surface area contributed by atoms with Gasteiger partial charge in [-0.05, 0) is 44.9 Å². The number of aryl methyl sites for hydroxylation is 1. The highest BCUT2D eigenvalue weighted by Crippen LogP contribution is 2.22. The van der Waals surface area contributed by atoms with Crippen molar-refractivity contribution in [2.45, 2.75) is 51.8 Å². The Labute approximate surface area is 172 Å². The zero-order chi connectivity index (χ0) is 16.8. The Morgan fingerprint density at radius 1 is 1.32 bits per heavy atom. The highest BCUT2D eigenvalue weighted by molar-refractivity contribution is 14.0. The molecule has 2 unspecified atom stereocenters. The Kier molecular flexibility index (Phi) is 8.95. The van der Waals surface area contributed by atoms with Gasteiger partial charge in [-0.2, -0.15) is 0 Å². The van der Waals surface area contributed by atoms with Crippen LogP contribution in [-0.2, 0) is 17.7 Å². The maximum atomic E-state index is 6.02. The minimum absolute atomic E-state index is 0. The van der Waals surface area contributed by atoms with E-state index in [-0.39, 0.29) is 30.1 Å². The van der Waals surface area contributed by atoms with Crippen LogP contribution in [0.25, 0.3) is 0 Å². The van der Waals surface area contributed by atoms with E-state index in [4.69, 9.17) is 9.73 Å². The van der Waals surface area contributed by atoms with E-state index >= 15 is 0 Å². The number of hydrogen-bond donors (Lipinski definition) is 2. The van der Waals surface area contributed by atoms with Gasteiger partial charge < -0.3 is 15.4 Å². The van der Waals surface area contributed by atoms with Crippen LogP contribution in [0.15, 0.2) is 17.1 Å². The van der Waals surface area contributed by atoms with Crippen molar-refractivity contribution < 1.29 is 4.74 Å². The summed E-state index contributed by atoms with van der Waals surface area (Å²) in [6.45, 7) is 9.88. The number of fused-ring (bicyclic) bond motifs is 1. The molecule has 25 heavy (non-hydrogen) atoms. The standard InChI is InChI=1S/C18H30N4OS.HI/c1-3-16-7-8-17(24-16)11-21-18(19-4-2)20-10-15-12-22-9-5-6-14(22)13-23-15;/h7-8,14-15H,3-6,9-13H2,1-2H3,(H2,19,20,21);1H. The summed E-state index contributed by atoms with van der Waals surface area (Å²) in [4.78, 5) is 10.0. The number of rotatable bonds is 6. The van der Waals surface area contributed by atoms with Gasteiger partial charge in [0.2, 0.25) is 0 Å². The van der Waals surface area contributed by atoms with Gasteiger partial charge in [0.25, 0.3) is 0 Å². The summed E-state index contributed by atoms with van der Waals surface area (Å²) >= 11 is 1.86. The molecule has 7 heteroatoms. The van der Waals surface area contributed by atoms with Crippen molar-refractivity contribution in [1.82, 2.24) is 15.5 Å². The molecule has 2 atom stereocenters. The van der Waals surface area contributed by atoms with E-state index in [9.17, 15) is 0 Å². The first-order chi connectivity index (χ1) is 11.8. The fourth-order valence-corrected chi connectivity index (χ4v) is 4.30. The lowest BCUT2D eigenvalue weighted by Crippen LogP contribution is -2.51. The molecule has 0 aliphatic carbocycles. The highest BCUT2D eigenvalue weighted by Gasteiger charge is 2.32. The molecule has 1 aromatic heterocycles. The summed E-state index contributed by atoms with van der Waals surface area (Å²) in [7, 11) is 0. The predicted octanol–water partition coefficient (Wildman–Crippen LogP) is 2.85. The van der Waals surface area contributed by atoms with Crippen LogP contribution in [0.4, 0.5) is 0 Å². The topological polar surface area (TPSA) is 48.9 Å². The number of hydrogen-bond acceptors (Lipinski definition) is 4. The molecule has 3 rings (SSSR count). The first-order valence-electron chi connectivity index (χ1n) is 9.24. The van der Waals surface area contributed by atoms with Gasteiger partial charge in [0.15, 0.2) is 5.96 Å². The molecule has 3 heterocycles. The minimum atomic E-state index is 0. The van der Waals surface area contributed by atoms with E-state index in [0.29, 0.717) is 6.04 Å². The molecular formula is C18H31IN4OS. The zero-order valence-electron chi connectivity index (χ0n) is 15.3. The lowest BCUT2D eigenvalue weighted by atomic mass is 10.2. The molecule has 142 valence electrons. The van der Waals surface area contributed by atoms with Crippen molar-refractivity contribution in [2.24, 2.45) is 4.99 Å². The van der Waals surface area contributed by atoms with Gasteiger partial charge in [-0.15, -0.1) is 35.3 Å². The molecule has 0 aromatic carbocycles. The highest BCUT2D eigenvalue weighted by atomic mass is 127. The number of thiophene rings is 1. The van der Waals surface area contributed by atoms with Crippen LogP contribution in [0.5, 0.6) is 0 Å². The van der Waals surface area contributed by atoms with Crippen LogP contribution >= 0.6 is 35.3 Å². The van der Waals surface area contributed by atoms with E-state index in [1.807, 2.05) is 11.3 Å². The quantitative estimate of drug-likeness (QED) is 0.375. The molecule has 2 aliphatic heterocycles. The molecule has 0 spiro atoms. The molecule has 1 aromatic rings. The van der Waals surface area contributed by atoms with E-state index in [2.05, 4.69) is 41.5 Å². The first-order valence-corrected chi connectivity index (χ1v) is 10.1. The van der Waals surface area contributed by atoms with Crippen LogP contribution < -0.4 is 10.6 Å². The number of nitrogens with zero attached hydrogens (tertiary/aromatic N) is 2. The van der Waals surface area contributed by atoms with Gasteiger partial charge in [-0.3, -0.25) is 4.90 Å². The largest absolute Gasteiger partial charge is 0.373 e. The summed E-state index contributed by atoms with van der Waals surface area (Å²) in [5.74, 6) is 0.885. The second-order valence-corrected chi connectivity index (χ2v) is 7.80. The van der Waals surface area contributed by atoms with Crippen molar-refractivity contribution in [3.8, 4) is 0 Å². The van der Waals surface area contributed by atoms with Crippen LogP contribution in [-0.4, -0.2) is 55.8 Å². The predicted molar refractivity (Wildman–Crippen MR) is 116 cm³/mol. The van der Waals surface area contributed by atoms with Gasteiger partial charge in [0.1, 0.15) is 0 Å². The van der Waals surface area contributed by atoms with Crippen molar-refractivity contribution in [2.75, 3.05) is 32.8 Å². The van der Waals surface area contributed by atoms with E-state index < -0.39 is 0 Å². The Hall–Kier alpha value is -0.380. The Morgan fingerprint density at radius 2 is 2.16 bits per heavy atom. The normalized spacial score (nSPS) is 23.8. The summed E-state index contributed by atoms with van der Waals surface area (Å²) in [6, 6.07) is 5.06. The summed E-state index contributed by atoms with van der Waals surface area (Å²) < 4.78 is 6.02. The third kappa shape index (κ3) is 6.08. The van der Waals surface area contributed by atoms with E-state index in [0.717, 1.165) is 45.2 Å². The van der Waals surface area contributed by atoms with Gasteiger partial charge in [-0.1, -0.05) is 6.92 Å². The van der Waals surface area contributed by atoms with E-state index in [1.165, 1.54) is 29.1 Å². The van der Waals surface area contributed by atoms with Crippen molar-refractivity contribution in [3.63, 3.8) is 0 Å². The average Bonchev–Trinajstić information content (AvgIpc) is 3.25.